The molecule has 0 spiro atoms. The maximum absolute atomic E-state index is 14.5. The second-order valence-electron chi connectivity index (χ2n) is 10.1. The first-order valence-electron chi connectivity index (χ1n) is 14.3. The van der Waals surface area contributed by atoms with Gasteiger partial charge >= 0.3 is 0 Å². The summed E-state index contributed by atoms with van der Waals surface area (Å²) in [4.78, 5) is 29.5. The molecule has 11 heteroatoms. The molecule has 0 bridgehead atoms. The van der Waals surface area contributed by atoms with Crippen molar-refractivity contribution in [3.63, 3.8) is 0 Å². The van der Waals surface area contributed by atoms with Crippen LogP contribution >= 0.6 is 11.6 Å². The molecular formula is C34H36ClN3O6S. The Morgan fingerprint density at radius 1 is 0.844 bits per heavy atom. The summed E-state index contributed by atoms with van der Waals surface area (Å²) in [6, 6.07) is 27.9. The Hall–Kier alpha value is -4.54. The van der Waals surface area contributed by atoms with Gasteiger partial charge in [0.25, 0.3) is 10.0 Å². The quantitative estimate of drug-likeness (QED) is 0.198. The van der Waals surface area contributed by atoms with Gasteiger partial charge in [-0.15, -0.1) is 0 Å². The Labute approximate surface area is 269 Å². The van der Waals surface area contributed by atoms with Crippen molar-refractivity contribution in [2.75, 3.05) is 31.6 Å². The van der Waals surface area contributed by atoms with Crippen molar-refractivity contribution in [1.29, 1.82) is 0 Å². The summed E-state index contributed by atoms with van der Waals surface area (Å²) in [6.45, 7) is 1.55. The zero-order chi connectivity index (χ0) is 32.4. The average molecular weight is 650 g/mol. The predicted octanol–water partition coefficient (Wildman–Crippen LogP) is 5.33. The molecule has 0 aliphatic carbocycles. The van der Waals surface area contributed by atoms with E-state index < -0.39 is 28.5 Å². The molecule has 0 aromatic heterocycles. The molecule has 236 valence electrons. The number of likely N-dealkylation sites (N-methyl/N-ethyl adjacent to an activating group) is 1. The maximum Gasteiger partial charge on any atom is 0.264 e. The predicted molar refractivity (Wildman–Crippen MR) is 175 cm³/mol. The molecule has 45 heavy (non-hydrogen) atoms. The number of sulfonamides is 1. The number of carbonyl (C=O) groups excluding carboxylic acids is 2. The molecule has 0 fully saturated rings. The number of nitrogens with one attached hydrogen (secondary N) is 1. The SMILES string of the molecule is CCNC(=O)C(Cc1ccccc1)N(Cc1ccc(Cl)cc1)C(=O)CN(c1cc(OC)ccc1OC)S(=O)(=O)c1ccccc1. The number of rotatable bonds is 14. The highest BCUT2D eigenvalue weighted by molar-refractivity contribution is 7.92. The topological polar surface area (TPSA) is 105 Å². The van der Waals surface area contributed by atoms with E-state index in [-0.39, 0.29) is 35.2 Å². The molecule has 0 aliphatic heterocycles. The standard InChI is InChI=1S/C34H36ClN3O6S/c1-4-36-34(40)31(21-25-11-7-5-8-12-25)37(23-26-15-17-27(35)18-16-26)33(39)24-38(45(41,42)29-13-9-6-10-14-29)30-22-28(43-2)19-20-32(30)44-3/h5-20,22,31H,4,21,23-24H2,1-3H3,(H,36,40). The minimum atomic E-state index is -4.30. The van der Waals surface area contributed by atoms with Crippen LogP contribution in [0.5, 0.6) is 11.5 Å². The van der Waals surface area contributed by atoms with Crippen LogP contribution in [0.4, 0.5) is 5.69 Å². The highest BCUT2D eigenvalue weighted by Gasteiger charge is 2.35. The number of ether oxygens (including phenoxy) is 2. The molecule has 1 N–H and O–H groups in total. The van der Waals surface area contributed by atoms with Crippen molar-refractivity contribution >= 4 is 39.1 Å². The fourth-order valence-corrected chi connectivity index (χ4v) is 6.42. The number of halogens is 1. The lowest BCUT2D eigenvalue weighted by atomic mass is 10.0. The van der Waals surface area contributed by atoms with Gasteiger partial charge in [-0.05, 0) is 54.4 Å². The first kappa shape index (κ1) is 33.4. The van der Waals surface area contributed by atoms with Gasteiger partial charge in [-0.1, -0.05) is 72.3 Å². The lowest BCUT2D eigenvalue weighted by Gasteiger charge is -2.34. The molecule has 4 aromatic carbocycles. The van der Waals surface area contributed by atoms with Crippen molar-refractivity contribution in [1.82, 2.24) is 10.2 Å². The normalized spacial score (nSPS) is 11.7. The van der Waals surface area contributed by atoms with Crippen LogP contribution in [0.25, 0.3) is 0 Å². The number of hydrogen-bond acceptors (Lipinski definition) is 6. The molecule has 4 rings (SSSR count). The lowest BCUT2D eigenvalue weighted by Crippen LogP contribution is -2.53. The minimum Gasteiger partial charge on any atom is -0.497 e. The minimum absolute atomic E-state index is 0.0171. The summed E-state index contributed by atoms with van der Waals surface area (Å²) in [7, 11) is -1.43. The summed E-state index contributed by atoms with van der Waals surface area (Å²) in [5.74, 6) is -0.368. The van der Waals surface area contributed by atoms with E-state index in [2.05, 4.69) is 5.32 Å². The van der Waals surface area contributed by atoms with Gasteiger partial charge in [0.15, 0.2) is 0 Å². The molecule has 0 heterocycles. The van der Waals surface area contributed by atoms with E-state index >= 15 is 0 Å². The van der Waals surface area contributed by atoms with Gasteiger partial charge in [-0.2, -0.15) is 0 Å². The zero-order valence-electron chi connectivity index (χ0n) is 25.4. The Morgan fingerprint density at radius 3 is 2.09 bits per heavy atom. The average Bonchev–Trinajstić information content (AvgIpc) is 3.06. The molecule has 2 amide bonds. The van der Waals surface area contributed by atoms with Gasteiger partial charge in [0, 0.05) is 30.6 Å². The van der Waals surface area contributed by atoms with Crippen LogP contribution in [0.15, 0.2) is 108 Å². The second kappa shape index (κ2) is 15.5. The van der Waals surface area contributed by atoms with E-state index in [0.717, 1.165) is 9.87 Å². The number of amides is 2. The molecule has 1 atom stereocenters. The largest absolute Gasteiger partial charge is 0.497 e. The fourth-order valence-electron chi connectivity index (χ4n) is 4.86. The van der Waals surface area contributed by atoms with Crippen LogP contribution in [0.2, 0.25) is 5.02 Å². The molecule has 1 unspecified atom stereocenters. The molecule has 0 saturated heterocycles. The van der Waals surface area contributed by atoms with Crippen LogP contribution in [0.3, 0.4) is 0 Å². The van der Waals surface area contributed by atoms with Crippen molar-refractivity contribution in [2.45, 2.75) is 30.8 Å². The molecule has 9 nitrogen and oxygen atoms in total. The second-order valence-corrected chi connectivity index (χ2v) is 12.4. The van der Waals surface area contributed by atoms with Crippen LogP contribution in [-0.4, -0.2) is 58.5 Å². The third-order valence-corrected chi connectivity index (χ3v) is 9.18. The van der Waals surface area contributed by atoms with Crippen molar-refractivity contribution in [3.8, 4) is 11.5 Å². The van der Waals surface area contributed by atoms with Crippen LogP contribution in [-0.2, 0) is 32.6 Å². The van der Waals surface area contributed by atoms with Crippen molar-refractivity contribution < 1.29 is 27.5 Å². The van der Waals surface area contributed by atoms with E-state index in [1.165, 1.54) is 37.3 Å². The first-order chi connectivity index (χ1) is 21.7. The summed E-state index contributed by atoms with van der Waals surface area (Å²) in [5, 5.41) is 3.37. The Bertz CT molecular complexity index is 1690. The molecule has 0 radical (unpaired) electrons. The van der Waals surface area contributed by atoms with E-state index in [1.807, 2.05) is 30.3 Å². The third kappa shape index (κ3) is 8.34. The van der Waals surface area contributed by atoms with Crippen molar-refractivity contribution in [3.05, 3.63) is 119 Å². The van der Waals surface area contributed by atoms with Crippen LogP contribution in [0.1, 0.15) is 18.1 Å². The zero-order valence-corrected chi connectivity index (χ0v) is 26.9. The monoisotopic (exact) mass is 649 g/mol. The summed E-state index contributed by atoms with van der Waals surface area (Å²) in [6.07, 6.45) is 0.208. The molecular weight excluding hydrogens is 614 g/mol. The highest BCUT2D eigenvalue weighted by atomic mass is 35.5. The summed E-state index contributed by atoms with van der Waals surface area (Å²) >= 11 is 6.13. The van der Waals surface area contributed by atoms with Gasteiger partial charge in [0.1, 0.15) is 24.1 Å². The van der Waals surface area contributed by atoms with Gasteiger partial charge in [-0.25, -0.2) is 8.42 Å². The summed E-state index contributed by atoms with van der Waals surface area (Å²) < 4.78 is 40.4. The highest BCUT2D eigenvalue weighted by Crippen LogP contribution is 2.36. The molecule has 0 aliphatic rings. The van der Waals surface area contributed by atoms with Gasteiger partial charge in [0.05, 0.1) is 24.8 Å². The van der Waals surface area contributed by atoms with E-state index in [9.17, 15) is 18.0 Å². The van der Waals surface area contributed by atoms with E-state index in [4.69, 9.17) is 21.1 Å². The first-order valence-corrected chi connectivity index (χ1v) is 16.1. The fraction of sp³-hybridized carbons (Fsp3) is 0.235. The van der Waals surface area contributed by atoms with Gasteiger partial charge < -0.3 is 19.7 Å². The van der Waals surface area contributed by atoms with Crippen LogP contribution < -0.4 is 19.1 Å². The molecule has 4 aromatic rings. The number of benzene rings is 4. The number of methoxy groups -OCH3 is 2. The Morgan fingerprint density at radius 2 is 1.49 bits per heavy atom. The Kier molecular flexibility index (Phi) is 11.5. The number of nitrogens with zero attached hydrogens (tertiary/aromatic N) is 2. The van der Waals surface area contributed by atoms with Crippen LogP contribution in [0, 0.1) is 0 Å². The maximum atomic E-state index is 14.5. The lowest BCUT2D eigenvalue weighted by molar-refractivity contribution is -0.140. The summed E-state index contributed by atoms with van der Waals surface area (Å²) in [5.41, 5.74) is 1.66. The van der Waals surface area contributed by atoms with Gasteiger partial charge in [0.2, 0.25) is 11.8 Å². The van der Waals surface area contributed by atoms with Gasteiger partial charge in [-0.3, -0.25) is 13.9 Å². The van der Waals surface area contributed by atoms with E-state index in [1.54, 1.807) is 61.5 Å². The number of carbonyl (C=O) groups is 2. The molecule has 0 saturated carbocycles. The van der Waals surface area contributed by atoms with E-state index in [0.29, 0.717) is 22.9 Å². The number of anilines is 1. The third-order valence-electron chi connectivity index (χ3n) is 7.15. The number of hydrogen-bond donors (Lipinski definition) is 1. The van der Waals surface area contributed by atoms with Crippen molar-refractivity contribution in [2.24, 2.45) is 0 Å². The Balaban J connectivity index is 1.84. The smallest absolute Gasteiger partial charge is 0.264 e.